The minimum atomic E-state index is -0.355. The van der Waals surface area contributed by atoms with Crippen LogP contribution in [0.2, 0.25) is 0 Å². The summed E-state index contributed by atoms with van der Waals surface area (Å²) in [5, 5.41) is 4.42. The zero-order valence-corrected chi connectivity index (χ0v) is 14.8. The molecule has 1 heterocycles. The van der Waals surface area contributed by atoms with Crippen LogP contribution in [0.15, 0.2) is 36.5 Å². The third-order valence-corrected chi connectivity index (χ3v) is 3.82. The number of methoxy groups -OCH3 is 2. The van der Waals surface area contributed by atoms with Crippen molar-refractivity contribution in [2.75, 3.05) is 33.9 Å². The summed E-state index contributed by atoms with van der Waals surface area (Å²) >= 11 is 0. The Labute approximate surface area is 147 Å². The van der Waals surface area contributed by atoms with Crippen molar-refractivity contribution in [3.05, 3.63) is 47.8 Å². The molecular weight excluding hydrogens is 322 g/mol. The molecule has 1 amide bonds. The first-order valence-electron chi connectivity index (χ1n) is 8.03. The largest absolute Gasteiger partial charge is 0.469 e. The molecule has 134 valence electrons. The van der Waals surface area contributed by atoms with E-state index in [4.69, 9.17) is 4.74 Å². The second-order valence-electron chi connectivity index (χ2n) is 5.52. The number of nitrogens with zero attached hydrogens (tertiary/aromatic N) is 3. The fourth-order valence-corrected chi connectivity index (χ4v) is 2.40. The molecule has 2 aromatic rings. The summed E-state index contributed by atoms with van der Waals surface area (Å²) in [7, 11) is 2.90. The van der Waals surface area contributed by atoms with Gasteiger partial charge < -0.3 is 14.4 Å². The zero-order chi connectivity index (χ0) is 18.2. The molecule has 0 aliphatic rings. The molecule has 1 aromatic heterocycles. The van der Waals surface area contributed by atoms with Gasteiger partial charge in [-0.25, -0.2) is 4.68 Å². The van der Waals surface area contributed by atoms with E-state index in [1.807, 2.05) is 30.3 Å². The molecule has 25 heavy (non-hydrogen) atoms. The first kappa shape index (κ1) is 18.7. The Morgan fingerprint density at radius 2 is 1.88 bits per heavy atom. The maximum absolute atomic E-state index is 12.9. The number of hydrogen-bond donors (Lipinski definition) is 0. The summed E-state index contributed by atoms with van der Waals surface area (Å²) in [6.07, 6.45) is 1.85. The lowest BCUT2D eigenvalue weighted by atomic mass is 10.2. The van der Waals surface area contributed by atoms with Crippen molar-refractivity contribution in [2.45, 2.75) is 13.3 Å². The molecule has 0 N–H and O–H groups in total. The Hall–Kier alpha value is -2.67. The molecular formula is C18H23N3O4. The van der Waals surface area contributed by atoms with Gasteiger partial charge in [-0.1, -0.05) is 18.2 Å². The summed E-state index contributed by atoms with van der Waals surface area (Å²) < 4.78 is 11.4. The van der Waals surface area contributed by atoms with Crippen molar-refractivity contribution in [3.8, 4) is 5.69 Å². The number of esters is 1. The van der Waals surface area contributed by atoms with Crippen LogP contribution >= 0.6 is 0 Å². The van der Waals surface area contributed by atoms with Crippen LogP contribution in [0.1, 0.15) is 22.5 Å². The predicted molar refractivity (Wildman–Crippen MR) is 92.7 cm³/mol. The Balaban J connectivity index is 2.19. The summed E-state index contributed by atoms with van der Waals surface area (Å²) in [5.41, 5.74) is 2.02. The van der Waals surface area contributed by atoms with Gasteiger partial charge in [-0.15, -0.1) is 0 Å². The van der Waals surface area contributed by atoms with Gasteiger partial charge in [0, 0.05) is 26.4 Å². The number of carbonyl (C=O) groups excluding carboxylic acids is 2. The molecule has 0 radical (unpaired) electrons. The molecule has 0 unspecified atom stereocenters. The molecule has 1 aromatic carbocycles. The summed E-state index contributed by atoms with van der Waals surface area (Å²) in [6.45, 7) is 2.84. The predicted octanol–water partition coefficient (Wildman–Crippen LogP) is 1.83. The number of aryl methyl sites for hydroxylation is 1. The third-order valence-electron chi connectivity index (χ3n) is 3.82. The average Bonchev–Trinajstić information content (AvgIpc) is 3.03. The van der Waals surface area contributed by atoms with Gasteiger partial charge in [0.15, 0.2) is 0 Å². The van der Waals surface area contributed by atoms with Gasteiger partial charge in [-0.3, -0.25) is 9.59 Å². The number of benzene rings is 1. The highest BCUT2D eigenvalue weighted by molar-refractivity contribution is 5.95. The second kappa shape index (κ2) is 8.98. The first-order valence-corrected chi connectivity index (χ1v) is 8.03. The van der Waals surface area contributed by atoms with E-state index in [1.54, 1.807) is 29.8 Å². The molecule has 0 saturated carbocycles. The Morgan fingerprint density at radius 3 is 2.52 bits per heavy atom. The molecule has 0 aliphatic carbocycles. The molecule has 0 aliphatic heterocycles. The van der Waals surface area contributed by atoms with Crippen molar-refractivity contribution >= 4 is 11.9 Å². The molecule has 0 atom stereocenters. The first-order chi connectivity index (χ1) is 12.1. The van der Waals surface area contributed by atoms with Crippen molar-refractivity contribution < 1.29 is 19.1 Å². The fourth-order valence-electron chi connectivity index (χ4n) is 2.40. The van der Waals surface area contributed by atoms with E-state index < -0.39 is 0 Å². The highest BCUT2D eigenvalue weighted by Crippen LogP contribution is 2.14. The van der Waals surface area contributed by atoms with Gasteiger partial charge in [0.05, 0.1) is 37.1 Å². The van der Waals surface area contributed by atoms with Crippen LogP contribution in [0.4, 0.5) is 0 Å². The molecule has 0 saturated heterocycles. The summed E-state index contributed by atoms with van der Waals surface area (Å²) in [4.78, 5) is 25.9. The van der Waals surface area contributed by atoms with Gasteiger partial charge in [0.2, 0.25) is 0 Å². The van der Waals surface area contributed by atoms with Crippen LogP contribution in [-0.2, 0) is 14.3 Å². The zero-order valence-electron chi connectivity index (χ0n) is 14.8. The van der Waals surface area contributed by atoms with Crippen molar-refractivity contribution in [1.29, 1.82) is 0 Å². The Bertz CT molecular complexity index is 712. The monoisotopic (exact) mass is 345 g/mol. The smallest absolute Gasteiger partial charge is 0.307 e. The third kappa shape index (κ3) is 4.90. The van der Waals surface area contributed by atoms with E-state index in [0.717, 1.165) is 5.69 Å². The number of hydrogen-bond acceptors (Lipinski definition) is 5. The summed E-state index contributed by atoms with van der Waals surface area (Å²) in [5.74, 6) is -0.535. The number of amides is 1. The highest BCUT2D eigenvalue weighted by atomic mass is 16.5. The lowest BCUT2D eigenvalue weighted by Gasteiger charge is -2.21. The van der Waals surface area contributed by atoms with E-state index in [0.29, 0.717) is 24.4 Å². The van der Waals surface area contributed by atoms with Crippen LogP contribution in [0.3, 0.4) is 0 Å². The van der Waals surface area contributed by atoms with Crippen molar-refractivity contribution in [2.24, 2.45) is 0 Å². The Kier molecular flexibility index (Phi) is 6.71. The van der Waals surface area contributed by atoms with Gasteiger partial charge >= 0.3 is 5.97 Å². The van der Waals surface area contributed by atoms with E-state index in [9.17, 15) is 9.59 Å². The van der Waals surface area contributed by atoms with Crippen LogP contribution in [-0.4, -0.2) is 60.5 Å². The second-order valence-corrected chi connectivity index (χ2v) is 5.52. The number of carbonyl (C=O) groups is 2. The minimum absolute atomic E-state index is 0.137. The molecule has 7 heteroatoms. The average molecular weight is 345 g/mol. The Morgan fingerprint density at radius 1 is 1.16 bits per heavy atom. The van der Waals surface area contributed by atoms with Gasteiger partial charge in [0.25, 0.3) is 5.91 Å². The van der Waals surface area contributed by atoms with E-state index in [1.165, 1.54) is 7.11 Å². The molecule has 0 fully saturated rings. The standard InChI is InChI=1S/C18H23N3O4/c1-14-16(13-21(19-14)15-7-5-4-6-8-15)18(23)20(11-12-24-2)10-9-17(22)25-3/h4-8,13H,9-12H2,1-3H3. The number of ether oxygens (including phenoxy) is 2. The minimum Gasteiger partial charge on any atom is -0.469 e. The van der Waals surface area contributed by atoms with Crippen LogP contribution in [0, 0.1) is 6.92 Å². The fraction of sp³-hybridized carbons (Fsp3) is 0.389. The molecule has 2 rings (SSSR count). The number of rotatable bonds is 8. The molecule has 0 spiro atoms. The normalized spacial score (nSPS) is 10.5. The number of aromatic nitrogens is 2. The van der Waals surface area contributed by atoms with Crippen molar-refractivity contribution in [3.63, 3.8) is 0 Å². The van der Waals surface area contributed by atoms with Crippen LogP contribution in [0.5, 0.6) is 0 Å². The van der Waals surface area contributed by atoms with Gasteiger partial charge in [-0.2, -0.15) is 5.10 Å². The highest BCUT2D eigenvalue weighted by Gasteiger charge is 2.21. The van der Waals surface area contributed by atoms with Crippen LogP contribution < -0.4 is 0 Å². The number of para-hydroxylation sites is 1. The SMILES string of the molecule is COCCN(CCC(=O)OC)C(=O)c1cn(-c2ccccc2)nc1C. The van der Waals surface area contributed by atoms with Crippen LogP contribution in [0.25, 0.3) is 5.69 Å². The quantitative estimate of drug-likeness (QED) is 0.683. The topological polar surface area (TPSA) is 73.7 Å². The molecule has 0 bridgehead atoms. The van der Waals surface area contributed by atoms with Gasteiger partial charge in [0.1, 0.15) is 0 Å². The van der Waals surface area contributed by atoms with E-state index in [-0.39, 0.29) is 24.8 Å². The maximum Gasteiger partial charge on any atom is 0.307 e. The molecule has 7 nitrogen and oxygen atoms in total. The van der Waals surface area contributed by atoms with E-state index in [2.05, 4.69) is 9.84 Å². The lowest BCUT2D eigenvalue weighted by molar-refractivity contribution is -0.140. The van der Waals surface area contributed by atoms with Crippen molar-refractivity contribution in [1.82, 2.24) is 14.7 Å². The summed E-state index contributed by atoms with van der Waals surface area (Å²) in [6, 6.07) is 9.58. The lowest BCUT2D eigenvalue weighted by Crippen LogP contribution is -2.36. The van der Waals surface area contributed by atoms with Gasteiger partial charge in [-0.05, 0) is 19.1 Å². The van der Waals surface area contributed by atoms with E-state index >= 15 is 0 Å². The maximum atomic E-state index is 12.9.